The fraction of sp³-hybridized carbons (Fsp3) is 0. The van der Waals surface area contributed by atoms with Gasteiger partial charge >= 0.3 is 0 Å². The smallest absolute Gasteiger partial charge is 0.256 e. The highest BCUT2D eigenvalue weighted by Gasteiger charge is 2.06. The fourth-order valence-electron chi connectivity index (χ4n) is 1.33. The lowest BCUT2D eigenvalue weighted by Gasteiger charge is -2.05. The van der Waals surface area contributed by atoms with Gasteiger partial charge in [-0.05, 0) is 24.3 Å². The van der Waals surface area contributed by atoms with E-state index >= 15 is 0 Å². The van der Waals surface area contributed by atoms with Crippen molar-refractivity contribution >= 4 is 33.3 Å². The minimum absolute atomic E-state index is 0.218. The molecule has 1 aromatic carbocycles. The third-order valence-corrected chi connectivity index (χ3v) is 2.61. The van der Waals surface area contributed by atoms with E-state index in [0.717, 1.165) is 4.47 Å². The van der Waals surface area contributed by atoms with Gasteiger partial charge in [0, 0.05) is 28.0 Å². The van der Waals surface area contributed by atoms with E-state index in [4.69, 9.17) is 5.73 Å². The van der Waals surface area contributed by atoms with E-state index < -0.39 is 0 Å². The summed E-state index contributed by atoms with van der Waals surface area (Å²) in [6.45, 7) is 0. The standard InChI is InChI=1S/C12H10BrN3O/c13-9-3-1-2-8(6-9)12(17)16-11-7-10(14)4-5-15-11/h1-7H,(H3,14,15,16,17). The van der Waals surface area contributed by atoms with Crippen LogP contribution in [0.5, 0.6) is 0 Å². The molecule has 0 aliphatic rings. The van der Waals surface area contributed by atoms with Crippen LogP contribution in [0.1, 0.15) is 10.4 Å². The number of hydrogen-bond donors (Lipinski definition) is 2. The van der Waals surface area contributed by atoms with Crippen molar-refractivity contribution in [2.45, 2.75) is 0 Å². The van der Waals surface area contributed by atoms with E-state index in [2.05, 4.69) is 26.2 Å². The summed E-state index contributed by atoms with van der Waals surface area (Å²) < 4.78 is 0.852. The number of nitrogens with zero attached hydrogens (tertiary/aromatic N) is 1. The first kappa shape index (κ1) is 11.6. The largest absolute Gasteiger partial charge is 0.399 e. The molecule has 0 saturated heterocycles. The zero-order chi connectivity index (χ0) is 12.3. The molecule has 0 radical (unpaired) electrons. The third-order valence-electron chi connectivity index (χ3n) is 2.11. The van der Waals surface area contributed by atoms with Crippen molar-refractivity contribution < 1.29 is 4.79 Å². The zero-order valence-corrected chi connectivity index (χ0v) is 10.4. The molecule has 5 heteroatoms. The second-order valence-corrected chi connectivity index (χ2v) is 4.35. The third kappa shape index (κ3) is 3.04. The molecule has 0 bridgehead atoms. The van der Waals surface area contributed by atoms with E-state index in [1.807, 2.05) is 6.07 Å². The predicted molar refractivity (Wildman–Crippen MR) is 70.7 cm³/mol. The number of pyridine rings is 1. The summed E-state index contributed by atoms with van der Waals surface area (Å²) >= 11 is 3.31. The predicted octanol–water partition coefficient (Wildman–Crippen LogP) is 2.68. The molecule has 2 aromatic rings. The molecule has 2 rings (SSSR count). The van der Waals surface area contributed by atoms with Crippen LogP contribution in [0.2, 0.25) is 0 Å². The zero-order valence-electron chi connectivity index (χ0n) is 8.85. The van der Waals surface area contributed by atoms with Gasteiger partial charge in [0.05, 0.1) is 0 Å². The summed E-state index contributed by atoms with van der Waals surface area (Å²) in [7, 11) is 0. The maximum atomic E-state index is 11.9. The van der Waals surface area contributed by atoms with E-state index in [9.17, 15) is 4.79 Å². The summed E-state index contributed by atoms with van der Waals surface area (Å²) in [5.74, 6) is 0.222. The molecule has 1 heterocycles. The lowest BCUT2D eigenvalue weighted by atomic mass is 10.2. The Balaban J connectivity index is 2.17. The fourth-order valence-corrected chi connectivity index (χ4v) is 1.73. The number of carbonyl (C=O) groups is 1. The van der Waals surface area contributed by atoms with Gasteiger partial charge in [-0.25, -0.2) is 4.98 Å². The number of hydrogen-bond acceptors (Lipinski definition) is 3. The van der Waals surface area contributed by atoms with Crippen molar-refractivity contribution in [2.24, 2.45) is 0 Å². The lowest BCUT2D eigenvalue weighted by molar-refractivity contribution is 0.102. The molecule has 3 N–H and O–H groups in total. The number of nitrogen functional groups attached to an aromatic ring is 1. The number of nitrogens with one attached hydrogen (secondary N) is 1. The first-order valence-electron chi connectivity index (χ1n) is 4.93. The Labute approximate surface area is 107 Å². The Hall–Kier alpha value is -1.88. The highest BCUT2D eigenvalue weighted by molar-refractivity contribution is 9.10. The van der Waals surface area contributed by atoms with Gasteiger partial charge in [0.25, 0.3) is 5.91 Å². The van der Waals surface area contributed by atoms with Crippen LogP contribution in [0.3, 0.4) is 0 Å². The number of amides is 1. The van der Waals surface area contributed by atoms with Crippen LogP contribution in [0.25, 0.3) is 0 Å². The Bertz CT molecular complexity index is 557. The normalized spacial score (nSPS) is 9.94. The SMILES string of the molecule is Nc1ccnc(NC(=O)c2cccc(Br)c2)c1. The van der Waals surface area contributed by atoms with Gasteiger partial charge < -0.3 is 11.1 Å². The molecule has 86 valence electrons. The first-order valence-corrected chi connectivity index (χ1v) is 5.73. The molecule has 4 nitrogen and oxygen atoms in total. The lowest BCUT2D eigenvalue weighted by Crippen LogP contribution is -2.12. The topological polar surface area (TPSA) is 68.0 Å². The molecule has 0 atom stereocenters. The van der Waals surface area contributed by atoms with Gasteiger partial charge in [-0.3, -0.25) is 4.79 Å². The quantitative estimate of drug-likeness (QED) is 0.894. The molecular formula is C12H10BrN3O. The maximum absolute atomic E-state index is 11.9. The van der Waals surface area contributed by atoms with Gasteiger partial charge in [0.15, 0.2) is 0 Å². The average Bonchev–Trinajstić information content (AvgIpc) is 2.29. The van der Waals surface area contributed by atoms with Crippen LogP contribution in [0.15, 0.2) is 47.1 Å². The molecule has 0 fully saturated rings. The van der Waals surface area contributed by atoms with Crippen molar-refractivity contribution in [2.75, 3.05) is 11.1 Å². The van der Waals surface area contributed by atoms with Crippen molar-refractivity contribution in [1.82, 2.24) is 4.98 Å². The Morgan fingerprint density at radius 3 is 2.82 bits per heavy atom. The van der Waals surface area contributed by atoms with Gasteiger partial charge in [-0.2, -0.15) is 0 Å². The maximum Gasteiger partial charge on any atom is 0.256 e. The molecule has 17 heavy (non-hydrogen) atoms. The van der Waals surface area contributed by atoms with Crippen LogP contribution in [-0.2, 0) is 0 Å². The summed E-state index contributed by atoms with van der Waals surface area (Å²) in [6.07, 6.45) is 1.55. The van der Waals surface area contributed by atoms with Crippen molar-refractivity contribution in [3.05, 3.63) is 52.6 Å². The Kier molecular flexibility index (Phi) is 3.39. The molecule has 0 saturated carbocycles. The van der Waals surface area contributed by atoms with Crippen LogP contribution in [-0.4, -0.2) is 10.9 Å². The van der Waals surface area contributed by atoms with Gasteiger partial charge in [0.2, 0.25) is 0 Å². The Morgan fingerprint density at radius 1 is 1.29 bits per heavy atom. The minimum Gasteiger partial charge on any atom is -0.399 e. The molecule has 0 aliphatic heterocycles. The van der Waals surface area contributed by atoms with E-state index in [0.29, 0.717) is 17.1 Å². The second-order valence-electron chi connectivity index (χ2n) is 3.44. The number of rotatable bonds is 2. The summed E-state index contributed by atoms with van der Waals surface area (Å²) in [5, 5.41) is 2.68. The molecule has 0 spiro atoms. The van der Waals surface area contributed by atoms with Gasteiger partial charge in [-0.15, -0.1) is 0 Å². The molecule has 0 aliphatic carbocycles. The molecule has 1 aromatic heterocycles. The van der Waals surface area contributed by atoms with Gasteiger partial charge in [-0.1, -0.05) is 22.0 Å². The highest BCUT2D eigenvalue weighted by atomic mass is 79.9. The van der Waals surface area contributed by atoms with E-state index in [1.165, 1.54) is 0 Å². The molecule has 1 amide bonds. The number of anilines is 2. The average molecular weight is 292 g/mol. The number of aromatic nitrogens is 1. The van der Waals surface area contributed by atoms with E-state index in [-0.39, 0.29) is 5.91 Å². The van der Waals surface area contributed by atoms with Crippen LogP contribution in [0, 0.1) is 0 Å². The van der Waals surface area contributed by atoms with Crippen molar-refractivity contribution in [1.29, 1.82) is 0 Å². The number of carbonyl (C=O) groups excluding carboxylic acids is 1. The van der Waals surface area contributed by atoms with Crippen molar-refractivity contribution in [3.8, 4) is 0 Å². The number of halogens is 1. The highest BCUT2D eigenvalue weighted by Crippen LogP contribution is 2.14. The number of nitrogens with two attached hydrogens (primary N) is 1. The van der Waals surface area contributed by atoms with Crippen LogP contribution < -0.4 is 11.1 Å². The van der Waals surface area contributed by atoms with Gasteiger partial charge in [0.1, 0.15) is 5.82 Å². The molecule has 0 unspecified atom stereocenters. The van der Waals surface area contributed by atoms with Crippen LogP contribution in [0.4, 0.5) is 11.5 Å². The summed E-state index contributed by atoms with van der Waals surface area (Å²) in [6, 6.07) is 10.4. The molecular weight excluding hydrogens is 282 g/mol. The minimum atomic E-state index is -0.218. The first-order chi connectivity index (χ1) is 8.15. The van der Waals surface area contributed by atoms with E-state index in [1.54, 1.807) is 36.5 Å². The Morgan fingerprint density at radius 2 is 2.12 bits per heavy atom. The number of benzene rings is 1. The summed E-state index contributed by atoms with van der Waals surface area (Å²) in [4.78, 5) is 15.9. The monoisotopic (exact) mass is 291 g/mol. The van der Waals surface area contributed by atoms with Crippen LogP contribution >= 0.6 is 15.9 Å². The second kappa shape index (κ2) is 4.97. The summed E-state index contributed by atoms with van der Waals surface area (Å²) in [5.41, 5.74) is 6.72. The van der Waals surface area contributed by atoms with Crippen molar-refractivity contribution in [3.63, 3.8) is 0 Å².